The van der Waals surface area contributed by atoms with Crippen molar-refractivity contribution in [3.8, 4) is 0 Å². The fourth-order valence-corrected chi connectivity index (χ4v) is 12.0. The molecule has 10 heteroatoms. The number of nitrogens with one attached hydrogen (secondary N) is 3. The van der Waals surface area contributed by atoms with E-state index in [1.807, 2.05) is 0 Å². The lowest BCUT2D eigenvalue weighted by Crippen LogP contribution is -2.67. The molecule has 11 atom stereocenters. The van der Waals surface area contributed by atoms with Crippen LogP contribution in [0.2, 0.25) is 0 Å². The van der Waals surface area contributed by atoms with Gasteiger partial charge in [0.05, 0.1) is 0 Å². The van der Waals surface area contributed by atoms with Gasteiger partial charge >= 0.3 is 0 Å². The molecule has 4 aliphatic carbocycles. The first kappa shape index (κ1) is 43.0. The van der Waals surface area contributed by atoms with Crippen molar-refractivity contribution >= 4 is 17.7 Å². The lowest BCUT2D eigenvalue weighted by molar-refractivity contribution is -0.154. The molecule has 10 nitrogen and oxygen atoms in total. The molecule has 3 amide bonds. The maximum absolute atomic E-state index is 13.7. The van der Waals surface area contributed by atoms with Crippen LogP contribution in [0.1, 0.15) is 156 Å². The number of amides is 3. The smallest absolute Gasteiger partial charge is 0.220 e. The SMILES string of the molecule is CC(CCCO)C1CC[C@H]2C3[C@H](NC(=O)CCCCCN)CC4C[C@H](NC(=O)CCCCCN)CC[C@]4(C)[C@H]3CC(NC(=O)CCCCCN)[C@]12C. The third kappa shape index (κ3) is 10.5. The van der Waals surface area contributed by atoms with Crippen molar-refractivity contribution in [1.82, 2.24) is 16.0 Å². The quantitative estimate of drug-likeness (QED) is 0.0739. The molecule has 5 unspecified atom stereocenters. The number of hydrogen-bond donors (Lipinski definition) is 7. The topological polar surface area (TPSA) is 186 Å². The zero-order valence-corrected chi connectivity index (χ0v) is 33.3. The first-order valence-electron chi connectivity index (χ1n) is 21.6. The second-order valence-electron chi connectivity index (χ2n) is 18.0. The molecule has 300 valence electrons. The molecule has 4 aliphatic rings. The molecular formula is C42H78N6O4. The fourth-order valence-electron chi connectivity index (χ4n) is 12.0. The molecule has 0 saturated heterocycles. The minimum atomic E-state index is -0.0919. The Morgan fingerprint density at radius 2 is 1.27 bits per heavy atom. The fraction of sp³-hybridized carbons (Fsp3) is 0.929. The molecule has 52 heavy (non-hydrogen) atoms. The second-order valence-corrected chi connectivity index (χ2v) is 18.0. The van der Waals surface area contributed by atoms with Gasteiger partial charge in [0, 0.05) is 44.0 Å². The van der Waals surface area contributed by atoms with E-state index < -0.39 is 0 Å². The maximum atomic E-state index is 13.7. The van der Waals surface area contributed by atoms with Crippen molar-refractivity contribution in [3.05, 3.63) is 0 Å². The standard InChI is InChI=1S/C42H78N6O4/c1-29(14-13-25-49)32-18-19-33-40-34(28-36(42(32,33)3)48-39(52)17-9-6-12-24-45)41(2)21-20-31(46-37(50)15-7-4-10-22-43)26-30(41)27-35(40)47-38(51)16-8-5-11-23-44/h29-36,40,49H,4-28,43-45H2,1-3H3,(H,46,50)(H,47,51)(H,48,52)/t29?,30?,31-,32?,33+,34+,35-,36?,40?,41+,42-/m1/s1. The van der Waals surface area contributed by atoms with Gasteiger partial charge in [0.15, 0.2) is 0 Å². The van der Waals surface area contributed by atoms with Crippen LogP contribution < -0.4 is 33.2 Å². The van der Waals surface area contributed by atoms with Gasteiger partial charge in [-0.05, 0) is 162 Å². The molecular weight excluding hydrogens is 652 g/mol. The van der Waals surface area contributed by atoms with E-state index in [-0.39, 0.29) is 53.3 Å². The highest BCUT2D eigenvalue weighted by atomic mass is 16.3. The predicted molar refractivity (Wildman–Crippen MR) is 210 cm³/mol. The first-order valence-corrected chi connectivity index (χ1v) is 21.6. The van der Waals surface area contributed by atoms with E-state index in [4.69, 9.17) is 17.2 Å². The van der Waals surface area contributed by atoms with Gasteiger partial charge in [-0.3, -0.25) is 14.4 Å². The minimum Gasteiger partial charge on any atom is -0.396 e. The van der Waals surface area contributed by atoms with Crippen molar-refractivity contribution in [2.24, 2.45) is 63.5 Å². The van der Waals surface area contributed by atoms with Gasteiger partial charge in [-0.1, -0.05) is 40.0 Å². The lowest BCUT2D eigenvalue weighted by atomic mass is 9.42. The number of aliphatic hydroxyl groups is 1. The van der Waals surface area contributed by atoms with Gasteiger partial charge < -0.3 is 38.3 Å². The van der Waals surface area contributed by atoms with Crippen molar-refractivity contribution in [2.45, 2.75) is 174 Å². The van der Waals surface area contributed by atoms with Crippen LogP contribution in [0.3, 0.4) is 0 Å². The van der Waals surface area contributed by atoms with Crippen molar-refractivity contribution in [1.29, 1.82) is 0 Å². The average Bonchev–Trinajstić information content (AvgIpc) is 3.48. The summed E-state index contributed by atoms with van der Waals surface area (Å²) in [5, 5.41) is 20.5. The summed E-state index contributed by atoms with van der Waals surface area (Å²) in [5.41, 5.74) is 17.1. The van der Waals surface area contributed by atoms with Crippen LogP contribution in [0.5, 0.6) is 0 Å². The number of carbonyl (C=O) groups excluding carboxylic acids is 3. The van der Waals surface area contributed by atoms with E-state index in [1.54, 1.807) is 0 Å². The number of rotatable bonds is 22. The largest absolute Gasteiger partial charge is 0.396 e. The predicted octanol–water partition coefficient (Wildman–Crippen LogP) is 5.29. The summed E-state index contributed by atoms with van der Waals surface area (Å²) in [7, 11) is 0. The van der Waals surface area contributed by atoms with E-state index >= 15 is 0 Å². The Bertz CT molecular complexity index is 1120. The van der Waals surface area contributed by atoms with Crippen LogP contribution in [-0.2, 0) is 14.4 Å². The lowest BCUT2D eigenvalue weighted by Gasteiger charge is -2.65. The van der Waals surface area contributed by atoms with Crippen LogP contribution in [0.25, 0.3) is 0 Å². The molecule has 0 aromatic carbocycles. The molecule has 4 saturated carbocycles. The Morgan fingerprint density at radius 3 is 1.85 bits per heavy atom. The zero-order chi connectivity index (χ0) is 37.7. The van der Waals surface area contributed by atoms with Gasteiger partial charge in [-0.15, -0.1) is 0 Å². The van der Waals surface area contributed by atoms with Crippen LogP contribution in [-0.4, -0.2) is 67.2 Å². The molecule has 4 fully saturated rings. The zero-order valence-electron chi connectivity index (χ0n) is 33.3. The molecule has 0 spiro atoms. The van der Waals surface area contributed by atoms with Crippen LogP contribution in [0.4, 0.5) is 0 Å². The van der Waals surface area contributed by atoms with E-state index in [0.717, 1.165) is 116 Å². The van der Waals surface area contributed by atoms with E-state index in [9.17, 15) is 19.5 Å². The minimum absolute atomic E-state index is 0.0685. The van der Waals surface area contributed by atoms with Crippen LogP contribution in [0.15, 0.2) is 0 Å². The van der Waals surface area contributed by atoms with Crippen molar-refractivity contribution in [3.63, 3.8) is 0 Å². The maximum Gasteiger partial charge on any atom is 0.220 e. The summed E-state index contributed by atoms with van der Waals surface area (Å²) >= 11 is 0. The molecule has 0 heterocycles. The summed E-state index contributed by atoms with van der Waals surface area (Å²) < 4.78 is 0. The van der Waals surface area contributed by atoms with Gasteiger partial charge in [-0.25, -0.2) is 0 Å². The average molecular weight is 731 g/mol. The van der Waals surface area contributed by atoms with Gasteiger partial charge in [0.25, 0.3) is 0 Å². The first-order chi connectivity index (χ1) is 25.0. The van der Waals surface area contributed by atoms with E-state index in [1.165, 1.54) is 0 Å². The Labute approximate surface area is 316 Å². The van der Waals surface area contributed by atoms with E-state index in [2.05, 4.69) is 36.7 Å². The summed E-state index contributed by atoms with van der Waals surface area (Å²) in [6.45, 7) is 9.53. The van der Waals surface area contributed by atoms with Crippen molar-refractivity contribution in [2.75, 3.05) is 26.2 Å². The van der Waals surface area contributed by atoms with Gasteiger partial charge in [0.1, 0.15) is 0 Å². The molecule has 0 aliphatic heterocycles. The van der Waals surface area contributed by atoms with Crippen molar-refractivity contribution < 1.29 is 19.5 Å². The summed E-state index contributed by atoms with van der Waals surface area (Å²) in [4.78, 5) is 40.4. The number of fused-ring (bicyclic) bond motifs is 5. The Balaban J connectivity index is 1.62. The normalized spacial score (nSPS) is 34.4. The summed E-state index contributed by atoms with van der Waals surface area (Å²) in [6, 6.07) is 0.309. The number of hydrogen-bond acceptors (Lipinski definition) is 7. The highest BCUT2D eigenvalue weighted by molar-refractivity contribution is 5.77. The molecule has 0 bridgehead atoms. The third-order valence-electron chi connectivity index (χ3n) is 14.8. The monoisotopic (exact) mass is 731 g/mol. The molecule has 10 N–H and O–H groups in total. The highest BCUT2D eigenvalue weighted by Gasteiger charge is 2.66. The molecule has 4 rings (SSSR count). The molecule has 0 radical (unpaired) electrons. The Morgan fingerprint density at radius 1 is 0.692 bits per heavy atom. The van der Waals surface area contributed by atoms with Crippen LogP contribution >= 0.6 is 0 Å². The third-order valence-corrected chi connectivity index (χ3v) is 14.8. The second kappa shape index (κ2) is 20.8. The highest BCUT2D eigenvalue weighted by Crippen LogP contribution is 2.68. The van der Waals surface area contributed by atoms with Gasteiger partial charge in [-0.2, -0.15) is 0 Å². The number of carbonyl (C=O) groups is 3. The number of nitrogens with two attached hydrogens (primary N) is 3. The Kier molecular flexibility index (Phi) is 17.2. The van der Waals surface area contributed by atoms with E-state index in [0.29, 0.717) is 74.4 Å². The Hall–Kier alpha value is -1.75. The van der Waals surface area contributed by atoms with Gasteiger partial charge in [0.2, 0.25) is 17.7 Å². The number of unbranched alkanes of at least 4 members (excludes halogenated alkanes) is 6. The van der Waals surface area contributed by atoms with Crippen LogP contribution in [0, 0.1) is 46.3 Å². The molecule has 0 aromatic rings. The summed E-state index contributed by atoms with van der Waals surface area (Å²) in [5.74, 6) is 2.84. The number of aliphatic hydroxyl groups excluding tert-OH is 1. The molecule has 0 aromatic heterocycles. The summed E-state index contributed by atoms with van der Waals surface area (Å²) in [6.07, 6.45) is 18.9.